The average Bonchev–Trinajstić information content (AvgIpc) is 2.42. The van der Waals surface area contributed by atoms with Crippen LogP contribution in [-0.4, -0.2) is 30.8 Å². The number of ether oxygens (including phenoxy) is 2. The Hall–Kier alpha value is -0.970. The third kappa shape index (κ3) is 6.14. The molecule has 0 aliphatic carbocycles. The fourth-order valence-corrected chi connectivity index (χ4v) is 1.74. The average molecular weight is 266 g/mol. The number of rotatable bonds is 9. The van der Waals surface area contributed by atoms with E-state index in [2.05, 4.69) is 25.8 Å². The summed E-state index contributed by atoms with van der Waals surface area (Å²) in [6.07, 6.45) is 2.46. The Morgan fingerprint density at radius 3 is 2.63 bits per heavy atom. The summed E-state index contributed by atoms with van der Waals surface area (Å²) < 4.78 is 11.4. The van der Waals surface area contributed by atoms with E-state index in [-0.39, 0.29) is 12.1 Å². The number of nitrogens with two attached hydrogens (primary N) is 1. The van der Waals surface area contributed by atoms with Gasteiger partial charge in [-0.15, -0.1) is 0 Å². The molecule has 0 aliphatic heterocycles. The Labute approximate surface area is 116 Å². The highest BCUT2D eigenvalue weighted by molar-refractivity contribution is 5.09. The van der Waals surface area contributed by atoms with Crippen molar-refractivity contribution in [2.75, 3.05) is 19.8 Å². The van der Waals surface area contributed by atoms with Crippen LogP contribution in [-0.2, 0) is 9.47 Å². The van der Waals surface area contributed by atoms with Crippen LogP contribution >= 0.6 is 0 Å². The fourth-order valence-electron chi connectivity index (χ4n) is 1.74. The minimum absolute atomic E-state index is 0.0417. The maximum atomic E-state index is 6.11. The Morgan fingerprint density at radius 2 is 2.05 bits per heavy atom. The van der Waals surface area contributed by atoms with Gasteiger partial charge in [-0.2, -0.15) is 0 Å². The van der Waals surface area contributed by atoms with Gasteiger partial charge in [0.1, 0.15) is 6.10 Å². The van der Waals surface area contributed by atoms with Crippen molar-refractivity contribution in [2.45, 2.75) is 39.3 Å². The Morgan fingerprint density at radius 1 is 1.26 bits per heavy atom. The van der Waals surface area contributed by atoms with Gasteiger partial charge in [0.15, 0.2) is 0 Å². The normalized spacial score (nSPS) is 14.6. The van der Waals surface area contributed by atoms with E-state index in [1.165, 1.54) is 0 Å². The van der Waals surface area contributed by atoms with E-state index in [0.29, 0.717) is 19.1 Å². The van der Waals surface area contributed by atoms with Crippen LogP contribution in [0.15, 0.2) is 24.4 Å². The van der Waals surface area contributed by atoms with Crippen LogP contribution in [0.2, 0.25) is 0 Å². The van der Waals surface area contributed by atoms with Gasteiger partial charge >= 0.3 is 0 Å². The van der Waals surface area contributed by atoms with Gasteiger partial charge in [-0.3, -0.25) is 4.98 Å². The fraction of sp³-hybridized carbons (Fsp3) is 0.667. The lowest BCUT2D eigenvalue weighted by Gasteiger charge is -2.23. The highest BCUT2D eigenvalue weighted by Gasteiger charge is 2.20. The summed E-state index contributed by atoms with van der Waals surface area (Å²) in [7, 11) is 0. The summed E-state index contributed by atoms with van der Waals surface area (Å²) in [4.78, 5) is 4.33. The quantitative estimate of drug-likeness (QED) is 0.698. The minimum atomic E-state index is -0.158. The van der Waals surface area contributed by atoms with Crippen molar-refractivity contribution in [3.8, 4) is 0 Å². The summed E-state index contributed by atoms with van der Waals surface area (Å²) in [6.45, 7) is 8.21. The monoisotopic (exact) mass is 266 g/mol. The highest BCUT2D eigenvalue weighted by Crippen LogP contribution is 2.19. The topological polar surface area (TPSA) is 57.4 Å². The van der Waals surface area contributed by atoms with Crippen molar-refractivity contribution in [3.63, 3.8) is 0 Å². The first kappa shape index (κ1) is 16.1. The van der Waals surface area contributed by atoms with E-state index >= 15 is 0 Å². The highest BCUT2D eigenvalue weighted by atomic mass is 16.5. The maximum Gasteiger partial charge on any atom is 0.115 e. The van der Waals surface area contributed by atoms with Gasteiger partial charge in [-0.05, 0) is 24.5 Å². The molecule has 0 bridgehead atoms. The molecule has 108 valence electrons. The predicted molar refractivity (Wildman–Crippen MR) is 76.9 cm³/mol. The molecular weight excluding hydrogens is 240 g/mol. The first-order valence-electron chi connectivity index (χ1n) is 7.01. The van der Waals surface area contributed by atoms with Crippen LogP contribution in [0.5, 0.6) is 0 Å². The van der Waals surface area contributed by atoms with Crippen LogP contribution in [0.4, 0.5) is 0 Å². The van der Waals surface area contributed by atoms with Crippen LogP contribution < -0.4 is 5.73 Å². The summed E-state index contributed by atoms with van der Waals surface area (Å²) in [5.41, 5.74) is 7.00. The smallest absolute Gasteiger partial charge is 0.115 e. The molecule has 0 radical (unpaired) electrons. The third-order valence-corrected chi connectivity index (χ3v) is 2.82. The molecular formula is C15H26N2O2. The lowest BCUT2D eigenvalue weighted by Crippen LogP contribution is -2.31. The molecule has 1 aromatic rings. The molecule has 0 fully saturated rings. The largest absolute Gasteiger partial charge is 0.379 e. The van der Waals surface area contributed by atoms with E-state index < -0.39 is 0 Å². The molecule has 0 saturated heterocycles. The molecule has 19 heavy (non-hydrogen) atoms. The Kier molecular flexibility index (Phi) is 7.63. The molecule has 1 heterocycles. The van der Waals surface area contributed by atoms with Gasteiger partial charge in [-0.1, -0.05) is 26.8 Å². The van der Waals surface area contributed by atoms with Crippen molar-refractivity contribution in [3.05, 3.63) is 30.1 Å². The zero-order chi connectivity index (χ0) is 14.1. The van der Waals surface area contributed by atoms with E-state index in [4.69, 9.17) is 15.2 Å². The summed E-state index contributed by atoms with van der Waals surface area (Å²) in [5.74, 6) is 0.546. The van der Waals surface area contributed by atoms with Crippen LogP contribution in [0, 0.1) is 5.92 Å². The number of nitrogens with zero attached hydrogens (tertiary/aromatic N) is 1. The molecule has 0 amide bonds. The predicted octanol–water partition coefficient (Wildman–Crippen LogP) is 2.55. The summed E-state index contributed by atoms with van der Waals surface area (Å²) >= 11 is 0. The van der Waals surface area contributed by atoms with Crippen molar-refractivity contribution in [1.82, 2.24) is 4.98 Å². The molecule has 0 aliphatic rings. The molecule has 0 saturated carbocycles. The van der Waals surface area contributed by atoms with Gasteiger partial charge in [0.2, 0.25) is 0 Å². The second kappa shape index (κ2) is 9.02. The van der Waals surface area contributed by atoms with Gasteiger partial charge in [0.05, 0.1) is 18.9 Å². The van der Waals surface area contributed by atoms with E-state index in [0.717, 1.165) is 18.7 Å². The zero-order valence-electron chi connectivity index (χ0n) is 12.2. The number of hydrogen-bond acceptors (Lipinski definition) is 4. The van der Waals surface area contributed by atoms with Crippen LogP contribution in [0.25, 0.3) is 0 Å². The third-order valence-electron chi connectivity index (χ3n) is 2.82. The maximum absolute atomic E-state index is 6.11. The molecule has 2 N–H and O–H groups in total. The lowest BCUT2D eigenvalue weighted by molar-refractivity contribution is -0.0140. The second-order valence-corrected chi connectivity index (χ2v) is 5.09. The molecule has 0 spiro atoms. The standard InChI is InChI=1S/C15H26N2O2/c1-4-13(16)15(14-7-5-6-8-17-14)19-10-9-18-11-12(2)3/h5-8,12-13,15H,4,9-11,16H2,1-3H3. The molecule has 0 aromatic carbocycles. The molecule has 2 unspecified atom stereocenters. The van der Waals surface area contributed by atoms with Gasteiger partial charge in [0.25, 0.3) is 0 Å². The number of hydrogen-bond donors (Lipinski definition) is 1. The summed E-state index contributed by atoms with van der Waals surface area (Å²) in [5, 5.41) is 0. The first-order chi connectivity index (χ1) is 9.15. The van der Waals surface area contributed by atoms with E-state index in [9.17, 15) is 0 Å². The second-order valence-electron chi connectivity index (χ2n) is 5.09. The van der Waals surface area contributed by atoms with Crippen molar-refractivity contribution in [2.24, 2.45) is 11.7 Å². The lowest BCUT2D eigenvalue weighted by atomic mass is 10.1. The molecule has 2 atom stereocenters. The molecule has 1 aromatic heterocycles. The molecule has 1 rings (SSSR count). The van der Waals surface area contributed by atoms with E-state index in [1.54, 1.807) is 6.20 Å². The zero-order valence-corrected chi connectivity index (χ0v) is 12.2. The van der Waals surface area contributed by atoms with Crippen molar-refractivity contribution >= 4 is 0 Å². The van der Waals surface area contributed by atoms with Crippen molar-refractivity contribution in [1.29, 1.82) is 0 Å². The SMILES string of the molecule is CCC(N)C(OCCOCC(C)C)c1ccccn1. The molecule has 4 nitrogen and oxygen atoms in total. The number of aromatic nitrogens is 1. The van der Waals surface area contributed by atoms with E-state index in [1.807, 2.05) is 18.2 Å². The van der Waals surface area contributed by atoms with Crippen LogP contribution in [0.3, 0.4) is 0 Å². The van der Waals surface area contributed by atoms with Crippen molar-refractivity contribution < 1.29 is 9.47 Å². The first-order valence-corrected chi connectivity index (χ1v) is 7.01. The molecule has 4 heteroatoms. The van der Waals surface area contributed by atoms with Crippen LogP contribution in [0.1, 0.15) is 39.0 Å². The minimum Gasteiger partial charge on any atom is -0.379 e. The Balaban J connectivity index is 2.43. The summed E-state index contributed by atoms with van der Waals surface area (Å²) in [6, 6.07) is 5.76. The number of pyridine rings is 1. The van der Waals surface area contributed by atoms with Gasteiger partial charge in [-0.25, -0.2) is 0 Å². The van der Waals surface area contributed by atoms with Gasteiger partial charge in [0, 0.05) is 18.8 Å². The Bertz CT molecular complexity index is 330. The van der Waals surface area contributed by atoms with Gasteiger partial charge < -0.3 is 15.2 Å².